The number of nitrogens with zero attached hydrogens (tertiary/aromatic N) is 2. The molecule has 0 aliphatic carbocycles. The van der Waals surface area contributed by atoms with Crippen LogP contribution in [0.1, 0.15) is 116 Å². The molecule has 3 aromatic rings. The number of phenolic OH excluding ortho intramolecular Hbond substituents is 2. The first-order chi connectivity index (χ1) is 41.1. The molecular formula is C61H89N13O13. The molecule has 4 rings (SSSR count). The van der Waals surface area contributed by atoms with Gasteiger partial charge in [0.15, 0.2) is 5.96 Å². The fourth-order valence-corrected chi connectivity index (χ4v) is 9.95. The van der Waals surface area contributed by atoms with Gasteiger partial charge in [0, 0.05) is 38.8 Å². The highest BCUT2D eigenvalue weighted by atomic mass is 16.4. The molecule has 26 heteroatoms. The Kier molecular flexibility index (Phi) is 28.4. The predicted molar refractivity (Wildman–Crippen MR) is 324 cm³/mol. The van der Waals surface area contributed by atoms with Crippen LogP contribution in [0.15, 0.2) is 83.9 Å². The van der Waals surface area contributed by atoms with Crippen molar-refractivity contribution < 1.29 is 63.3 Å². The maximum Gasteiger partial charge on any atom is 0.326 e. The number of carbonyl (C=O) groups excluding carboxylic acids is 9. The van der Waals surface area contributed by atoms with Crippen LogP contribution in [0, 0.1) is 17.8 Å². The number of carboxylic acid groups (broad SMARTS) is 1. The van der Waals surface area contributed by atoms with Crippen molar-refractivity contribution in [2.45, 2.75) is 173 Å². The Labute approximate surface area is 507 Å². The topological polar surface area (TPSA) is 435 Å². The number of rotatable bonds is 35. The second kappa shape index (κ2) is 35.0. The number of hydrogen-bond acceptors (Lipinski definition) is 14. The Morgan fingerprint density at radius 1 is 0.529 bits per heavy atom. The van der Waals surface area contributed by atoms with E-state index in [-0.39, 0.29) is 113 Å². The monoisotopic (exact) mass is 1210 g/mol. The number of carbonyl (C=O) groups is 10. The quantitative estimate of drug-likeness (QED) is 0.0215. The number of aromatic hydroxyl groups is 2. The molecule has 0 aromatic heterocycles. The fourth-order valence-electron chi connectivity index (χ4n) is 9.95. The third-order valence-corrected chi connectivity index (χ3v) is 14.4. The lowest BCUT2D eigenvalue weighted by Gasteiger charge is -2.31. The van der Waals surface area contributed by atoms with Crippen LogP contribution < -0.4 is 60.2 Å². The van der Waals surface area contributed by atoms with Crippen LogP contribution in [0.5, 0.6) is 11.5 Å². The minimum atomic E-state index is -1.47. The average Bonchev–Trinajstić information content (AvgIpc) is 2.82. The van der Waals surface area contributed by atoms with Crippen LogP contribution in [0.25, 0.3) is 0 Å². The molecule has 1 saturated heterocycles. The van der Waals surface area contributed by atoms with E-state index < -0.39 is 114 Å². The molecule has 0 saturated carbocycles. The smallest absolute Gasteiger partial charge is 0.326 e. The number of guanidine groups is 1. The van der Waals surface area contributed by atoms with Gasteiger partial charge < -0.3 is 80.4 Å². The number of carboxylic acids is 1. The molecule has 9 atom stereocenters. The summed E-state index contributed by atoms with van der Waals surface area (Å²) < 4.78 is 0. The van der Waals surface area contributed by atoms with Crippen LogP contribution in [0.3, 0.4) is 0 Å². The van der Waals surface area contributed by atoms with E-state index in [2.05, 4.69) is 42.2 Å². The van der Waals surface area contributed by atoms with Crippen molar-refractivity contribution in [3.63, 3.8) is 0 Å². The first-order valence-electron chi connectivity index (χ1n) is 29.4. The first-order valence-corrected chi connectivity index (χ1v) is 29.4. The van der Waals surface area contributed by atoms with E-state index in [1.807, 2.05) is 13.8 Å². The lowest BCUT2D eigenvalue weighted by atomic mass is 9.99. The largest absolute Gasteiger partial charge is 0.508 e. The van der Waals surface area contributed by atoms with Crippen LogP contribution in [0.2, 0.25) is 0 Å². The number of hydrogen-bond donors (Lipinski definition) is 14. The van der Waals surface area contributed by atoms with E-state index in [0.717, 1.165) is 0 Å². The van der Waals surface area contributed by atoms with Gasteiger partial charge >= 0.3 is 5.97 Å². The van der Waals surface area contributed by atoms with Gasteiger partial charge in [-0.3, -0.25) is 48.1 Å². The van der Waals surface area contributed by atoms with Crippen molar-refractivity contribution in [2.75, 3.05) is 13.1 Å². The molecule has 9 amide bonds. The summed E-state index contributed by atoms with van der Waals surface area (Å²) in [7, 11) is 0. The van der Waals surface area contributed by atoms with Gasteiger partial charge in [0.05, 0.1) is 6.04 Å². The first kappa shape index (κ1) is 70.7. The molecule has 3 aromatic carbocycles. The van der Waals surface area contributed by atoms with Crippen molar-refractivity contribution >= 4 is 65.1 Å². The second-order valence-corrected chi connectivity index (χ2v) is 23.3. The number of aliphatic imine (C=N–C) groups is 1. The third kappa shape index (κ3) is 24.6. The zero-order valence-corrected chi connectivity index (χ0v) is 50.5. The van der Waals surface area contributed by atoms with Crippen LogP contribution in [-0.2, 0) is 67.2 Å². The summed E-state index contributed by atoms with van der Waals surface area (Å²) in [4.78, 5) is 144. The number of nitrogens with two attached hydrogens (primary N) is 4. The molecule has 0 radical (unpaired) electrons. The molecule has 1 fully saturated rings. The molecule has 26 nitrogen and oxygen atoms in total. The van der Waals surface area contributed by atoms with Gasteiger partial charge in [-0.1, -0.05) is 96.1 Å². The summed E-state index contributed by atoms with van der Waals surface area (Å²) in [5, 5.41) is 48.8. The van der Waals surface area contributed by atoms with Gasteiger partial charge in [0.1, 0.15) is 59.8 Å². The number of nitrogens with one attached hydrogen (secondary N) is 7. The highest BCUT2D eigenvalue weighted by molar-refractivity contribution is 5.98. The Morgan fingerprint density at radius 2 is 0.954 bits per heavy atom. The Balaban J connectivity index is 1.67. The molecule has 0 unspecified atom stereocenters. The number of primary amides is 1. The summed E-state index contributed by atoms with van der Waals surface area (Å²) in [6.45, 7) is 11.0. The van der Waals surface area contributed by atoms with Gasteiger partial charge in [-0.25, -0.2) is 4.79 Å². The Bertz CT molecular complexity index is 2830. The predicted octanol–water partition coefficient (Wildman–Crippen LogP) is 0.380. The Morgan fingerprint density at radius 3 is 1.45 bits per heavy atom. The molecular weight excluding hydrogens is 1120 g/mol. The summed E-state index contributed by atoms with van der Waals surface area (Å²) in [5.41, 5.74) is 24.4. The Hall–Kier alpha value is -8.81. The van der Waals surface area contributed by atoms with E-state index in [4.69, 9.17) is 22.9 Å². The summed E-state index contributed by atoms with van der Waals surface area (Å²) in [5.74, 6) is -8.96. The number of amides is 9. The number of aliphatic carboxylic acids is 1. The van der Waals surface area contributed by atoms with E-state index in [1.165, 1.54) is 41.3 Å². The van der Waals surface area contributed by atoms with Gasteiger partial charge in [-0.15, -0.1) is 0 Å². The number of phenols is 2. The summed E-state index contributed by atoms with van der Waals surface area (Å²) in [6, 6.07) is 8.77. The number of benzene rings is 3. The summed E-state index contributed by atoms with van der Waals surface area (Å²) in [6.07, 6.45) is 0.00740. The van der Waals surface area contributed by atoms with E-state index in [1.54, 1.807) is 70.2 Å². The molecule has 87 heavy (non-hydrogen) atoms. The van der Waals surface area contributed by atoms with Gasteiger partial charge in [0.25, 0.3) is 0 Å². The van der Waals surface area contributed by atoms with Crippen molar-refractivity contribution in [3.05, 3.63) is 95.6 Å². The van der Waals surface area contributed by atoms with Gasteiger partial charge in [-0.2, -0.15) is 0 Å². The highest BCUT2D eigenvalue weighted by Crippen LogP contribution is 2.22. The van der Waals surface area contributed by atoms with Gasteiger partial charge in [-0.05, 0) is 110 Å². The molecule has 0 bridgehead atoms. The SMILES string of the molecule is CC(C)C[C@H](NC(=O)[C@H](CCC(N)=O)NC(=O)[C@H](CC(C)C)NC(=O)[C@H](Cc1ccc(O)cc1)NC(=O)[C@H](Cc1ccccc1)NC(=O)[C@@H]1CCCN1C(=O)[C@H](CCCN=C(N)N)NC(=O)[C@H](Cc1ccc(O)cc1)NC(=O)[C@@H](N)CC(C)C)C(=O)O. The maximum absolute atomic E-state index is 14.9. The van der Waals surface area contributed by atoms with Crippen molar-refractivity contribution in [2.24, 2.45) is 45.7 Å². The zero-order valence-electron chi connectivity index (χ0n) is 50.5. The fraction of sp³-hybridized carbons (Fsp3) is 0.525. The lowest BCUT2D eigenvalue weighted by molar-refractivity contribution is -0.143. The van der Waals surface area contributed by atoms with Gasteiger partial charge in [0.2, 0.25) is 53.2 Å². The van der Waals surface area contributed by atoms with Crippen molar-refractivity contribution in [1.29, 1.82) is 0 Å². The molecule has 1 aliphatic heterocycles. The summed E-state index contributed by atoms with van der Waals surface area (Å²) >= 11 is 0. The maximum atomic E-state index is 14.9. The van der Waals surface area contributed by atoms with Crippen molar-refractivity contribution in [3.8, 4) is 11.5 Å². The number of likely N-dealkylation sites (tertiary alicyclic amines) is 1. The second-order valence-electron chi connectivity index (χ2n) is 23.3. The standard InChI is InChI=1S/C61H89N13O13/c1-34(2)28-42(62)52(78)69-46(32-38-16-20-40(75)21-17-38)55(81)68-44(14-10-26-66-61(64)65)59(85)74-27-11-15-50(74)58(84)72-48(31-37-12-8-7-9-13-37)57(83)71-47(33-39-18-22-41(76)23-19-39)56(82)70-45(29-35(3)4)54(80)67-43(24-25-51(63)77)53(79)73-49(60(86)87)30-36(5)6/h7-9,12-13,16-23,34-36,42-50,75-76H,10-11,14-15,24-33,62H2,1-6H3,(H2,63,77)(H,67,80)(H,68,81)(H,69,78)(H,70,82)(H,71,83)(H,72,84)(H,73,79)(H,86,87)(H4,64,65,66)/t42-,43-,44-,45-,46-,47-,48-,49-,50-/m0/s1. The normalized spacial score (nSPS) is 15.7. The van der Waals surface area contributed by atoms with E-state index >= 15 is 0 Å². The molecule has 1 heterocycles. The van der Waals surface area contributed by atoms with Crippen molar-refractivity contribution in [1.82, 2.24) is 42.1 Å². The zero-order chi connectivity index (χ0) is 64.5. The minimum absolute atomic E-state index is 0.000904. The molecule has 0 spiro atoms. The average molecular weight is 1210 g/mol. The third-order valence-electron chi connectivity index (χ3n) is 14.4. The molecule has 1 aliphatic rings. The van der Waals surface area contributed by atoms with Crippen LogP contribution in [-0.4, -0.2) is 153 Å². The van der Waals surface area contributed by atoms with Crippen LogP contribution >= 0.6 is 0 Å². The molecule has 18 N–H and O–H groups in total. The van der Waals surface area contributed by atoms with E-state index in [0.29, 0.717) is 29.5 Å². The van der Waals surface area contributed by atoms with E-state index in [9.17, 15) is 63.3 Å². The minimum Gasteiger partial charge on any atom is -0.508 e. The molecule has 476 valence electrons. The van der Waals surface area contributed by atoms with Crippen LogP contribution in [0.4, 0.5) is 0 Å². The lowest BCUT2D eigenvalue weighted by Crippen LogP contribution is -2.61. The highest BCUT2D eigenvalue weighted by Gasteiger charge is 2.41.